The largest absolute Gasteiger partial charge is 0.454 e. The normalized spacial score (nSPS) is 20.4. The van der Waals surface area contributed by atoms with Crippen LogP contribution in [0.15, 0.2) is 54.7 Å². The van der Waals surface area contributed by atoms with Crippen molar-refractivity contribution in [1.82, 2.24) is 19.9 Å². The van der Waals surface area contributed by atoms with Crippen molar-refractivity contribution in [3.63, 3.8) is 0 Å². The van der Waals surface area contributed by atoms with Crippen LogP contribution in [-0.4, -0.2) is 45.7 Å². The van der Waals surface area contributed by atoms with Gasteiger partial charge < -0.3 is 14.4 Å². The Bertz CT molecular complexity index is 1070. The van der Waals surface area contributed by atoms with E-state index in [-0.39, 0.29) is 18.1 Å². The molecule has 0 N–H and O–H groups in total. The van der Waals surface area contributed by atoms with E-state index in [1.165, 1.54) is 5.56 Å². The van der Waals surface area contributed by atoms with E-state index < -0.39 is 0 Å². The summed E-state index contributed by atoms with van der Waals surface area (Å²) in [6, 6.07) is 15.8. The number of para-hydroxylation sites is 1. The molecule has 1 saturated heterocycles. The van der Waals surface area contributed by atoms with Crippen molar-refractivity contribution in [1.29, 1.82) is 0 Å². The molecule has 3 heterocycles. The Morgan fingerprint density at radius 2 is 1.97 bits per heavy atom. The Morgan fingerprint density at radius 3 is 2.83 bits per heavy atom. The molecule has 1 amide bonds. The minimum absolute atomic E-state index is 0.00294. The molecule has 1 aromatic heterocycles. The van der Waals surface area contributed by atoms with Crippen LogP contribution in [0.25, 0.3) is 5.69 Å². The molecule has 1 fully saturated rings. The molecular formula is C23H24N4O3. The van der Waals surface area contributed by atoms with E-state index in [9.17, 15) is 4.79 Å². The fourth-order valence-electron chi connectivity index (χ4n) is 4.41. The Labute approximate surface area is 175 Å². The van der Waals surface area contributed by atoms with Crippen molar-refractivity contribution < 1.29 is 14.3 Å². The highest BCUT2D eigenvalue weighted by atomic mass is 16.7. The van der Waals surface area contributed by atoms with Gasteiger partial charge in [-0.1, -0.05) is 36.4 Å². The van der Waals surface area contributed by atoms with Crippen molar-refractivity contribution in [2.45, 2.75) is 26.2 Å². The Kier molecular flexibility index (Phi) is 4.65. The van der Waals surface area contributed by atoms with Gasteiger partial charge in [-0.3, -0.25) is 4.79 Å². The minimum Gasteiger partial charge on any atom is -0.454 e. The molecule has 0 aliphatic carbocycles. The molecule has 30 heavy (non-hydrogen) atoms. The van der Waals surface area contributed by atoms with E-state index in [2.05, 4.69) is 29.4 Å². The van der Waals surface area contributed by atoms with Crippen LogP contribution in [0.4, 0.5) is 0 Å². The van der Waals surface area contributed by atoms with Crippen LogP contribution >= 0.6 is 0 Å². The number of hydrogen-bond donors (Lipinski definition) is 0. The quantitative estimate of drug-likeness (QED) is 0.666. The van der Waals surface area contributed by atoms with Gasteiger partial charge >= 0.3 is 0 Å². The molecule has 154 valence electrons. The molecule has 2 aromatic carbocycles. The maximum Gasteiger partial charge on any atom is 0.276 e. The van der Waals surface area contributed by atoms with E-state index >= 15 is 0 Å². The van der Waals surface area contributed by atoms with Gasteiger partial charge in [0.15, 0.2) is 17.2 Å². The number of amides is 1. The fourth-order valence-corrected chi connectivity index (χ4v) is 4.41. The second kappa shape index (κ2) is 7.48. The maximum atomic E-state index is 13.1. The van der Waals surface area contributed by atoms with Gasteiger partial charge in [0.2, 0.25) is 6.79 Å². The molecule has 3 aromatic rings. The molecule has 2 aliphatic rings. The van der Waals surface area contributed by atoms with Crippen molar-refractivity contribution in [3.8, 4) is 17.2 Å². The van der Waals surface area contributed by atoms with E-state index in [4.69, 9.17) is 9.47 Å². The minimum atomic E-state index is -0.0613. The SMILES string of the molecule is C[C@@]1(Cc2ccc3c(c2)OCO3)CCCN(C(=O)c2cn(-c3ccccc3)nn2)C1. The molecule has 0 radical (unpaired) electrons. The lowest BCUT2D eigenvalue weighted by molar-refractivity contribution is 0.0545. The first kappa shape index (κ1) is 18.7. The first-order valence-corrected chi connectivity index (χ1v) is 10.3. The predicted octanol–water partition coefficient (Wildman–Crippen LogP) is 3.48. The molecule has 0 bridgehead atoms. The molecule has 7 heteroatoms. The summed E-state index contributed by atoms with van der Waals surface area (Å²) in [6.07, 6.45) is 4.63. The molecule has 0 unspecified atom stereocenters. The van der Waals surface area contributed by atoms with Gasteiger partial charge in [-0.05, 0) is 54.5 Å². The number of aromatic nitrogens is 3. The van der Waals surface area contributed by atoms with Gasteiger partial charge in [-0.2, -0.15) is 0 Å². The average molecular weight is 404 g/mol. The third kappa shape index (κ3) is 3.63. The zero-order chi connectivity index (χ0) is 20.6. The van der Waals surface area contributed by atoms with Crippen molar-refractivity contribution in [2.75, 3.05) is 19.9 Å². The van der Waals surface area contributed by atoms with Crippen LogP contribution in [0, 0.1) is 5.41 Å². The average Bonchev–Trinajstić information content (AvgIpc) is 3.43. The van der Waals surface area contributed by atoms with Gasteiger partial charge in [0, 0.05) is 13.1 Å². The molecule has 0 spiro atoms. The summed E-state index contributed by atoms with van der Waals surface area (Å²) in [6.45, 7) is 3.96. The fraction of sp³-hybridized carbons (Fsp3) is 0.348. The number of benzene rings is 2. The van der Waals surface area contributed by atoms with Gasteiger partial charge in [0.1, 0.15) is 0 Å². The number of rotatable bonds is 4. The summed E-state index contributed by atoms with van der Waals surface area (Å²) >= 11 is 0. The van der Waals surface area contributed by atoms with Crippen LogP contribution in [0.3, 0.4) is 0 Å². The molecule has 5 rings (SSSR count). The van der Waals surface area contributed by atoms with Crippen LogP contribution in [0.5, 0.6) is 11.5 Å². The molecule has 7 nitrogen and oxygen atoms in total. The summed E-state index contributed by atoms with van der Waals surface area (Å²) in [4.78, 5) is 15.0. The molecule has 1 atom stereocenters. The van der Waals surface area contributed by atoms with Crippen LogP contribution in [0.2, 0.25) is 0 Å². The summed E-state index contributed by atoms with van der Waals surface area (Å²) in [5, 5.41) is 8.26. The molecular weight excluding hydrogens is 380 g/mol. The van der Waals surface area contributed by atoms with Crippen molar-refractivity contribution in [2.24, 2.45) is 5.41 Å². The lowest BCUT2D eigenvalue weighted by Gasteiger charge is -2.40. The van der Waals surface area contributed by atoms with E-state index in [1.54, 1.807) is 10.9 Å². The Morgan fingerprint density at radius 1 is 1.13 bits per heavy atom. The Balaban J connectivity index is 1.30. The van der Waals surface area contributed by atoms with Gasteiger partial charge in [0.25, 0.3) is 5.91 Å². The number of hydrogen-bond acceptors (Lipinski definition) is 5. The molecule has 0 saturated carbocycles. The number of piperidine rings is 1. The third-order valence-electron chi connectivity index (χ3n) is 5.87. The van der Waals surface area contributed by atoms with E-state index in [0.29, 0.717) is 12.2 Å². The number of carbonyl (C=O) groups excluding carboxylic acids is 1. The summed E-state index contributed by atoms with van der Waals surface area (Å²) < 4.78 is 12.6. The molecule has 2 aliphatic heterocycles. The second-order valence-electron chi connectivity index (χ2n) is 8.39. The monoisotopic (exact) mass is 404 g/mol. The zero-order valence-corrected chi connectivity index (χ0v) is 17.0. The van der Waals surface area contributed by atoms with Gasteiger partial charge in [0.05, 0.1) is 11.9 Å². The van der Waals surface area contributed by atoms with Gasteiger partial charge in [-0.25, -0.2) is 4.68 Å². The first-order valence-electron chi connectivity index (χ1n) is 10.3. The second-order valence-corrected chi connectivity index (χ2v) is 8.39. The Hall–Kier alpha value is -3.35. The number of nitrogens with zero attached hydrogens (tertiary/aromatic N) is 4. The van der Waals surface area contributed by atoms with E-state index in [1.807, 2.05) is 41.3 Å². The van der Waals surface area contributed by atoms with Crippen molar-refractivity contribution >= 4 is 5.91 Å². The lowest BCUT2D eigenvalue weighted by atomic mass is 9.77. The summed E-state index contributed by atoms with van der Waals surface area (Å²) in [7, 11) is 0. The maximum absolute atomic E-state index is 13.1. The van der Waals surface area contributed by atoms with Crippen LogP contribution < -0.4 is 9.47 Å². The predicted molar refractivity (Wildman–Crippen MR) is 111 cm³/mol. The summed E-state index contributed by atoms with van der Waals surface area (Å²) in [5.74, 6) is 1.54. The summed E-state index contributed by atoms with van der Waals surface area (Å²) in [5.41, 5.74) is 2.46. The highest BCUT2D eigenvalue weighted by molar-refractivity contribution is 5.92. The van der Waals surface area contributed by atoms with Crippen LogP contribution in [-0.2, 0) is 6.42 Å². The number of carbonyl (C=O) groups is 1. The highest BCUT2D eigenvalue weighted by Crippen LogP contribution is 2.37. The first-order chi connectivity index (χ1) is 14.6. The highest BCUT2D eigenvalue weighted by Gasteiger charge is 2.34. The van der Waals surface area contributed by atoms with Crippen LogP contribution in [0.1, 0.15) is 35.8 Å². The topological polar surface area (TPSA) is 69.5 Å². The smallest absolute Gasteiger partial charge is 0.276 e. The third-order valence-corrected chi connectivity index (χ3v) is 5.87. The number of fused-ring (bicyclic) bond motifs is 1. The standard InChI is InChI=1S/C23H24N4O3/c1-23(13-17-8-9-20-21(12-17)30-16-29-20)10-5-11-26(15-23)22(28)19-14-27(25-24-19)18-6-3-2-4-7-18/h2-4,6-9,12,14H,5,10-11,13,15-16H2,1H3/t23-/m0/s1. The van der Waals surface area contributed by atoms with Gasteiger partial charge in [-0.15, -0.1) is 5.10 Å². The van der Waals surface area contributed by atoms with E-state index in [0.717, 1.165) is 43.0 Å². The lowest BCUT2D eigenvalue weighted by Crippen LogP contribution is -2.45. The zero-order valence-electron chi connectivity index (χ0n) is 17.0. The number of likely N-dealkylation sites (tertiary alicyclic amines) is 1. The number of ether oxygens (including phenoxy) is 2. The van der Waals surface area contributed by atoms with Crippen molar-refractivity contribution in [3.05, 3.63) is 66.0 Å².